The molecule has 9 nitrogen and oxygen atoms in total. The molecule has 1 aliphatic heterocycles. The van der Waals surface area contributed by atoms with E-state index in [9.17, 15) is 19.2 Å². The molecule has 2 N–H and O–H groups in total. The van der Waals surface area contributed by atoms with Crippen molar-refractivity contribution in [2.45, 2.75) is 38.1 Å². The fourth-order valence-electron chi connectivity index (χ4n) is 3.97. The highest BCUT2D eigenvalue weighted by atomic mass is 16.5. The van der Waals surface area contributed by atoms with Crippen molar-refractivity contribution in [3.63, 3.8) is 0 Å². The minimum Gasteiger partial charge on any atom is -0.457 e. The minimum absolute atomic E-state index is 0.230. The minimum atomic E-state index is -0.961. The van der Waals surface area contributed by atoms with E-state index in [-0.39, 0.29) is 5.56 Å². The third-order valence-corrected chi connectivity index (χ3v) is 5.93. The molecule has 1 saturated heterocycles. The quantitative estimate of drug-likeness (QED) is 0.515. The summed E-state index contributed by atoms with van der Waals surface area (Å²) in [6.45, 7) is 1.47. The van der Waals surface area contributed by atoms with Crippen molar-refractivity contribution < 1.29 is 28.7 Å². The van der Waals surface area contributed by atoms with Gasteiger partial charge in [-0.15, -0.1) is 0 Å². The van der Waals surface area contributed by atoms with E-state index in [1.807, 2.05) is 30.3 Å². The molecule has 0 bridgehead atoms. The topological polar surface area (TPSA) is 114 Å². The molecule has 1 spiro atoms. The van der Waals surface area contributed by atoms with Crippen molar-refractivity contribution >= 4 is 23.8 Å². The van der Waals surface area contributed by atoms with Crippen LogP contribution in [-0.2, 0) is 14.3 Å². The van der Waals surface area contributed by atoms with Gasteiger partial charge in [0.15, 0.2) is 6.61 Å². The van der Waals surface area contributed by atoms with E-state index in [0.29, 0.717) is 35.3 Å². The van der Waals surface area contributed by atoms with Gasteiger partial charge >= 0.3 is 12.0 Å². The van der Waals surface area contributed by atoms with Gasteiger partial charge in [-0.3, -0.25) is 15.0 Å². The third kappa shape index (κ3) is 4.97. The summed E-state index contributed by atoms with van der Waals surface area (Å²) in [7, 11) is 0. The first-order valence-electron chi connectivity index (χ1n) is 10.8. The van der Waals surface area contributed by atoms with Gasteiger partial charge in [0.05, 0.1) is 5.56 Å². The summed E-state index contributed by atoms with van der Waals surface area (Å²) in [6.07, 6.45) is 2.70. The highest BCUT2D eigenvalue weighted by Gasteiger charge is 2.52. The Morgan fingerprint density at radius 1 is 1.03 bits per heavy atom. The number of ether oxygens (including phenoxy) is 2. The maximum Gasteiger partial charge on any atom is 0.344 e. The monoisotopic (exact) mass is 451 g/mol. The molecule has 1 heterocycles. The Labute approximate surface area is 191 Å². The number of nitrogens with zero attached hydrogens (tertiary/aromatic N) is 1. The number of imide groups is 1. The highest BCUT2D eigenvalue weighted by Crippen LogP contribution is 2.35. The Morgan fingerprint density at radius 2 is 1.67 bits per heavy atom. The predicted octanol–water partition coefficient (Wildman–Crippen LogP) is 3.17. The number of hydrogen-bond acceptors (Lipinski definition) is 6. The molecule has 33 heavy (non-hydrogen) atoms. The molecule has 1 aliphatic carbocycles. The smallest absolute Gasteiger partial charge is 0.344 e. The van der Waals surface area contributed by atoms with Crippen LogP contribution in [-0.4, -0.2) is 41.0 Å². The van der Waals surface area contributed by atoms with Gasteiger partial charge in [0, 0.05) is 0 Å². The molecule has 0 radical (unpaired) electrons. The summed E-state index contributed by atoms with van der Waals surface area (Å²) in [5, 5.41) is 3.39. The molecule has 2 aliphatic rings. The van der Waals surface area contributed by atoms with Crippen molar-refractivity contribution in [3.05, 3.63) is 60.2 Å². The standard InChI is InChI=1S/C24H25N3O6/c1-16-11-13-24(14-12-16)22(30)27(23(31)25-24)26-20(28)15-32-21(29)17-7-9-19(10-8-17)33-18-5-3-2-4-6-18/h2-10,16H,11-15H2,1H3,(H,25,31)(H,26,28). The summed E-state index contributed by atoms with van der Waals surface area (Å²) >= 11 is 0. The molecule has 2 fully saturated rings. The largest absolute Gasteiger partial charge is 0.457 e. The average molecular weight is 451 g/mol. The number of carbonyl (C=O) groups excluding carboxylic acids is 4. The summed E-state index contributed by atoms with van der Waals surface area (Å²) in [5.41, 5.74) is 1.51. The summed E-state index contributed by atoms with van der Waals surface area (Å²) in [4.78, 5) is 49.5. The van der Waals surface area contributed by atoms with Crippen LogP contribution >= 0.6 is 0 Å². The predicted molar refractivity (Wildman–Crippen MR) is 117 cm³/mol. The number of rotatable bonds is 6. The van der Waals surface area contributed by atoms with E-state index < -0.39 is 36.0 Å². The van der Waals surface area contributed by atoms with Gasteiger partial charge in [0.25, 0.3) is 11.8 Å². The number of hydrazine groups is 1. The molecule has 0 aromatic heterocycles. The number of benzene rings is 2. The summed E-state index contributed by atoms with van der Waals surface area (Å²) in [5.74, 6) is -0.284. The van der Waals surface area contributed by atoms with Crippen LogP contribution < -0.4 is 15.5 Å². The van der Waals surface area contributed by atoms with Gasteiger partial charge in [0.1, 0.15) is 17.0 Å². The lowest BCUT2D eigenvalue weighted by atomic mass is 9.77. The van der Waals surface area contributed by atoms with Crippen LogP contribution in [0.1, 0.15) is 43.0 Å². The summed E-state index contributed by atoms with van der Waals surface area (Å²) in [6, 6.07) is 14.8. The van der Waals surface area contributed by atoms with E-state index >= 15 is 0 Å². The van der Waals surface area contributed by atoms with E-state index in [2.05, 4.69) is 17.7 Å². The second-order valence-corrected chi connectivity index (χ2v) is 8.39. The van der Waals surface area contributed by atoms with Gasteiger partial charge in [0.2, 0.25) is 0 Å². The Bertz CT molecular complexity index is 1050. The Hall–Kier alpha value is -3.88. The fourth-order valence-corrected chi connectivity index (χ4v) is 3.97. The molecule has 4 rings (SSSR count). The van der Waals surface area contributed by atoms with E-state index in [0.717, 1.165) is 12.8 Å². The number of para-hydroxylation sites is 1. The van der Waals surface area contributed by atoms with Crippen LogP contribution in [0.3, 0.4) is 0 Å². The van der Waals surface area contributed by atoms with Gasteiger partial charge < -0.3 is 14.8 Å². The number of carbonyl (C=O) groups is 4. The maximum atomic E-state index is 12.8. The SMILES string of the molecule is CC1CCC2(CC1)NC(=O)N(NC(=O)COC(=O)c1ccc(Oc3ccccc3)cc1)C2=O. The van der Waals surface area contributed by atoms with E-state index in [1.54, 1.807) is 12.1 Å². The molecule has 172 valence electrons. The van der Waals surface area contributed by atoms with Crippen molar-refractivity contribution in [1.29, 1.82) is 0 Å². The van der Waals surface area contributed by atoms with Crippen LogP contribution in [0, 0.1) is 5.92 Å². The van der Waals surface area contributed by atoms with E-state index in [4.69, 9.17) is 9.47 Å². The van der Waals surface area contributed by atoms with Gasteiger partial charge in [-0.2, -0.15) is 5.01 Å². The van der Waals surface area contributed by atoms with Crippen LogP contribution in [0.15, 0.2) is 54.6 Å². The van der Waals surface area contributed by atoms with Crippen molar-refractivity contribution in [3.8, 4) is 11.5 Å². The fraction of sp³-hybridized carbons (Fsp3) is 0.333. The zero-order valence-electron chi connectivity index (χ0n) is 18.2. The van der Waals surface area contributed by atoms with Crippen molar-refractivity contribution in [1.82, 2.24) is 15.8 Å². The molecule has 4 amide bonds. The van der Waals surface area contributed by atoms with Crippen molar-refractivity contribution in [2.24, 2.45) is 5.92 Å². The zero-order valence-corrected chi connectivity index (χ0v) is 18.2. The normalized spacial score (nSPS) is 22.1. The van der Waals surface area contributed by atoms with Gasteiger partial charge in [-0.25, -0.2) is 9.59 Å². The van der Waals surface area contributed by atoms with Crippen LogP contribution in [0.25, 0.3) is 0 Å². The average Bonchev–Trinajstić information content (AvgIpc) is 3.04. The van der Waals surface area contributed by atoms with Crippen LogP contribution in [0.4, 0.5) is 4.79 Å². The Kier molecular flexibility index (Phi) is 6.30. The van der Waals surface area contributed by atoms with E-state index in [1.165, 1.54) is 12.1 Å². The van der Waals surface area contributed by atoms with Gasteiger partial charge in [-0.05, 0) is 68.0 Å². The second kappa shape index (κ2) is 9.32. The van der Waals surface area contributed by atoms with Crippen LogP contribution in [0.5, 0.6) is 11.5 Å². The first kappa shape index (κ1) is 22.3. The summed E-state index contributed by atoms with van der Waals surface area (Å²) < 4.78 is 10.7. The van der Waals surface area contributed by atoms with Crippen LogP contribution in [0.2, 0.25) is 0 Å². The lowest BCUT2D eigenvalue weighted by Crippen LogP contribution is -2.52. The molecule has 0 atom stereocenters. The molecular formula is C24H25N3O6. The first-order chi connectivity index (χ1) is 15.9. The molecule has 1 saturated carbocycles. The molecular weight excluding hydrogens is 426 g/mol. The maximum absolute atomic E-state index is 12.8. The van der Waals surface area contributed by atoms with Gasteiger partial charge in [-0.1, -0.05) is 25.1 Å². The first-order valence-corrected chi connectivity index (χ1v) is 10.8. The molecule has 2 aromatic carbocycles. The lowest BCUT2D eigenvalue weighted by Gasteiger charge is -2.33. The second-order valence-electron chi connectivity index (χ2n) is 8.39. The number of hydrogen-bond donors (Lipinski definition) is 2. The molecule has 9 heteroatoms. The highest BCUT2D eigenvalue weighted by molar-refractivity contribution is 6.08. The third-order valence-electron chi connectivity index (χ3n) is 5.93. The Morgan fingerprint density at radius 3 is 2.33 bits per heavy atom. The number of urea groups is 1. The zero-order chi connectivity index (χ0) is 23.4. The lowest BCUT2D eigenvalue weighted by molar-refractivity contribution is -0.141. The van der Waals surface area contributed by atoms with Crippen molar-refractivity contribution in [2.75, 3.05) is 6.61 Å². The Balaban J connectivity index is 1.27. The number of amides is 4. The molecule has 2 aromatic rings. The number of nitrogens with one attached hydrogen (secondary N) is 2. The molecule has 0 unspecified atom stereocenters. The number of esters is 1.